The summed E-state index contributed by atoms with van der Waals surface area (Å²) in [5.41, 5.74) is 9.06. The molecule has 2 saturated heterocycles. The van der Waals surface area contributed by atoms with Gasteiger partial charge in [0.25, 0.3) is 11.8 Å². The van der Waals surface area contributed by atoms with E-state index in [1.807, 2.05) is 6.07 Å². The molecule has 3 aliphatic heterocycles. The van der Waals surface area contributed by atoms with Crippen LogP contribution in [0.25, 0.3) is 0 Å². The maximum atomic E-state index is 13.0. The van der Waals surface area contributed by atoms with Gasteiger partial charge in [0.2, 0.25) is 11.8 Å². The van der Waals surface area contributed by atoms with Crippen molar-refractivity contribution in [1.29, 1.82) is 0 Å². The molecule has 0 spiro atoms. The smallest absolute Gasteiger partial charge is 0.262 e. The summed E-state index contributed by atoms with van der Waals surface area (Å²) in [7, 11) is 0. The second-order valence-corrected chi connectivity index (χ2v) is 8.18. The number of hydrogen-bond donors (Lipinski definition) is 3. The Kier molecular flexibility index (Phi) is 4.49. The SMILES string of the molecule is Nc1cn[nH]c1C1CCN(c2ccc3c(c2)C(=O)N(C2CCC(=O)NC2=O)C3=O)CC1. The first-order valence-corrected chi connectivity index (χ1v) is 10.3. The summed E-state index contributed by atoms with van der Waals surface area (Å²) in [5.74, 6) is -1.67. The van der Waals surface area contributed by atoms with E-state index in [-0.39, 0.29) is 18.7 Å². The quantitative estimate of drug-likeness (QED) is 0.621. The zero-order chi connectivity index (χ0) is 21.7. The highest BCUT2D eigenvalue weighted by Gasteiger charge is 2.44. The molecular formula is C21H22N6O4. The van der Waals surface area contributed by atoms with Crippen molar-refractivity contribution in [3.63, 3.8) is 0 Å². The summed E-state index contributed by atoms with van der Waals surface area (Å²) in [4.78, 5) is 52.6. The van der Waals surface area contributed by atoms with E-state index in [4.69, 9.17) is 5.73 Å². The lowest BCUT2D eigenvalue weighted by Gasteiger charge is -2.33. The number of H-pyrrole nitrogens is 1. The molecule has 4 amide bonds. The van der Waals surface area contributed by atoms with Gasteiger partial charge in [-0.15, -0.1) is 0 Å². The number of nitrogens with two attached hydrogens (primary N) is 1. The molecule has 2 aromatic rings. The second-order valence-electron chi connectivity index (χ2n) is 8.18. The summed E-state index contributed by atoms with van der Waals surface area (Å²) in [5, 5.41) is 9.19. The summed E-state index contributed by atoms with van der Waals surface area (Å²) in [6.07, 6.45) is 3.65. The minimum absolute atomic E-state index is 0.102. The van der Waals surface area contributed by atoms with Crippen molar-refractivity contribution in [3.05, 3.63) is 41.2 Å². The molecule has 4 heterocycles. The molecule has 0 aliphatic carbocycles. The van der Waals surface area contributed by atoms with E-state index in [1.165, 1.54) is 0 Å². The molecule has 10 heteroatoms. The van der Waals surface area contributed by atoms with Crippen LogP contribution in [-0.4, -0.2) is 57.9 Å². The summed E-state index contributed by atoms with van der Waals surface area (Å²) in [6, 6.07) is 4.26. The molecule has 0 radical (unpaired) electrons. The number of nitrogens with one attached hydrogen (secondary N) is 2. The van der Waals surface area contributed by atoms with Crippen LogP contribution >= 0.6 is 0 Å². The minimum atomic E-state index is -0.954. The Morgan fingerprint density at radius 1 is 1.00 bits per heavy atom. The highest BCUT2D eigenvalue weighted by Crippen LogP contribution is 2.34. The van der Waals surface area contributed by atoms with Crippen molar-refractivity contribution in [2.24, 2.45) is 0 Å². The van der Waals surface area contributed by atoms with Crippen molar-refractivity contribution in [3.8, 4) is 0 Å². The van der Waals surface area contributed by atoms with Crippen LogP contribution in [0.3, 0.4) is 0 Å². The summed E-state index contributed by atoms with van der Waals surface area (Å²) < 4.78 is 0. The van der Waals surface area contributed by atoms with Crippen molar-refractivity contribution < 1.29 is 19.2 Å². The lowest BCUT2D eigenvalue weighted by atomic mass is 9.92. The van der Waals surface area contributed by atoms with E-state index >= 15 is 0 Å². The summed E-state index contributed by atoms with van der Waals surface area (Å²) >= 11 is 0. The van der Waals surface area contributed by atoms with E-state index in [9.17, 15) is 19.2 Å². The van der Waals surface area contributed by atoms with Crippen LogP contribution in [0.15, 0.2) is 24.4 Å². The molecular weight excluding hydrogens is 400 g/mol. The van der Waals surface area contributed by atoms with Gasteiger partial charge in [-0.2, -0.15) is 5.10 Å². The van der Waals surface area contributed by atoms with E-state index in [0.717, 1.165) is 42.2 Å². The average molecular weight is 422 g/mol. The number of aromatic nitrogens is 2. The number of aromatic amines is 1. The molecule has 3 aliphatic rings. The van der Waals surface area contributed by atoms with Crippen molar-refractivity contribution in [1.82, 2.24) is 20.4 Å². The van der Waals surface area contributed by atoms with Crippen molar-refractivity contribution in [2.75, 3.05) is 23.7 Å². The van der Waals surface area contributed by atoms with Crippen LogP contribution in [-0.2, 0) is 9.59 Å². The Labute approximate surface area is 177 Å². The van der Waals surface area contributed by atoms with Crippen molar-refractivity contribution in [2.45, 2.75) is 37.6 Å². The van der Waals surface area contributed by atoms with E-state index < -0.39 is 23.8 Å². The van der Waals surface area contributed by atoms with Gasteiger partial charge in [-0.25, -0.2) is 0 Å². The maximum Gasteiger partial charge on any atom is 0.262 e. The number of benzene rings is 1. The minimum Gasteiger partial charge on any atom is -0.396 e. The van der Waals surface area contributed by atoms with Crippen molar-refractivity contribution >= 4 is 35.0 Å². The zero-order valence-corrected chi connectivity index (χ0v) is 16.8. The lowest BCUT2D eigenvalue weighted by Crippen LogP contribution is -2.54. The van der Waals surface area contributed by atoms with Gasteiger partial charge >= 0.3 is 0 Å². The van der Waals surface area contributed by atoms with Gasteiger partial charge in [-0.1, -0.05) is 0 Å². The zero-order valence-electron chi connectivity index (χ0n) is 16.8. The number of carbonyl (C=O) groups excluding carboxylic acids is 4. The van der Waals surface area contributed by atoms with Gasteiger partial charge < -0.3 is 10.6 Å². The maximum absolute atomic E-state index is 13.0. The average Bonchev–Trinajstić information content (AvgIpc) is 3.30. The number of rotatable bonds is 3. The first-order chi connectivity index (χ1) is 14.9. The van der Waals surface area contributed by atoms with Gasteiger partial charge in [0, 0.05) is 31.1 Å². The van der Waals surface area contributed by atoms with Crippen LogP contribution in [0.4, 0.5) is 11.4 Å². The van der Waals surface area contributed by atoms with E-state index in [2.05, 4.69) is 20.4 Å². The third-order valence-electron chi connectivity index (χ3n) is 6.39. The van der Waals surface area contributed by atoms with Gasteiger partial charge in [0.15, 0.2) is 0 Å². The number of hydrogen-bond acceptors (Lipinski definition) is 7. The Balaban J connectivity index is 1.33. The number of amides is 4. The topological polar surface area (TPSA) is 141 Å². The molecule has 1 atom stereocenters. The standard InChI is InChI=1S/C21H22N6O4/c22-15-10-23-25-18(15)11-5-7-26(8-6-11)12-1-2-13-14(9-12)21(31)27(20(13)30)16-3-4-17(28)24-19(16)29/h1-2,9-11,16H,3-8,22H2,(H,23,25)(H,24,28,29). The predicted octanol–water partition coefficient (Wildman–Crippen LogP) is 0.777. The number of fused-ring (bicyclic) bond motifs is 1. The number of nitrogen functional groups attached to an aromatic ring is 1. The Morgan fingerprint density at radius 2 is 1.74 bits per heavy atom. The molecule has 0 bridgehead atoms. The van der Waals surface area contributed by atoms with Crippen LogP contribution in [0.1, 0.15) is 58.0 Å². The number of piperidine rings is 2. The van der Waals surface area contributed by atoms with Gasteiger partial charge in [0.05, 0.1) is 28.7 Å². The molecule has 160 valence electrons. The Morgan fingerprint density at radius 3 is 2.42 bits per heavy atom. The molecule has 4 N–H and O–H groups in total. The predicted molar refractivity (Wildman–Crippen MR) is 110 cm³/mol. The van der Waals surface area contributed by atoms with Gasteiger partial charge in [0.1, 0.15) is 6.04 Å². The summed E-state index contributed by atoms with van der Waals surface area (Å²) in [6.45, 7) is 1.56. The van der Waals surface area contributed by atoms with Gasteiger partial charge in [-0.05, 0) is 37.5 Å². The largest absolute Gasteiger partial charge is 0.396 e. The number of nitrogens with zero attached hydrogens (tertiary/aromatic N) is 3. The fourth-order valence-electron chi connectivity index (χ4n) is 4.71. The Hall–Kier alpha value is -3.69. The molecule has 0 saturated carbocycles. The monoisotopic (exact) mass is 422 g/mol. The van der Waals surface area contributed by atoms with Crippen LogP contribution in [0.2, 0.25) is 0 Å². The second kappa shape index (κ2) is 7.22. The highest BCUT2D eigenvalue weighted by molar-refractivity contribution is 6.23. The fourth-order valence-corrected chi connectivity index (χ4v) is 4.71. The number of carbonyl (C=O) groups is 4. The first kappa shape index (κ1) is 19.3. The lowest BCUT2D eigenvalue weighted by molar-refractivity contribution is -0.136. The van der Waals surface area contributed by atoms with E-state index in [0.29, 0.717) is 22.7 Å². The third kappa shape index (κ3) is 3.15. The van der Waals surface area contributed by atoms with Crippen LogP contribution < -0.4 is 16.0 Å². The number of anilines is 2. The normalized spacial score (nSPS) is 22.1. The molecule has 5 rings (SSSR count). The van der Waals surface area contributed by atoms with Crippen LogP contribution in [0.5, 0.6) is 0 Å². The molecule has 1 aromatic heterocycles. The molecule has 2 fully saturated rings. The fraction of sp³-hybridized carbons (Fsp3) is 0.381. The molecule has 1 aromatic carbocycles. The first-order valence-electron chi connectivity index (χ1n) is 10.3. The van der Waals surface area contributed by atoms with Gasteiger partial charge in [-0.3, -0.25) is 34.5 Å². The molecule has 31 heavy (non-hydrogen) atoms. The molecule has 10 nitrogen and oxygen atoms in total. The van der Waals surface area contributed by atoms with E-state index in [1.54, 1.807) is 18.3 Å². The Bertz CT molecular complexity index is 1100. The van der Waals surface area contributed by atoms with Crippen LogP contribution in [0, 0.1) is 0 Å². The third-order valence-corrected chi connectivity index (χ3v) is 6.39. The molecule has 1 unspecified atom stereocenters. The highest BCUT2D eigenvalue weighted by atomic mass is 16.2. The number of imide groups is 2.